The highest BCUT2D eigenvalue weighted by Crippen LogP contribution is 2.36. The number of para-hydroxylation sites is 2. The van der Waals surface area contributed by atoms with Crippen LogP contribution in [0.15, 0.2) is 71.6 Å². The lowest BCUT2D eigenvalue weighted by atomic mass is 10.2. The third-order valence-electron chi connectivity index (χ3n) is 6.63. The summed E-state index contributed by atoms with van der Waals surface area (Å²) in [7, 11) is 3.67. The number of nitrogen functional groups attached to an aromatic ring is 1. The molecule has 0 saturated carbocycles. The number of ether oxygens (including phenoxy) is 2. The van der Waals surface area contributed by atoms with Gasteiger partial charge in [0.05, 0.1) is 46.3 Å². The standard InChI is InChI=1S/C19H19ClN2O2S.C12H14N2O2/c1-4-24-19(23)18-17(13-7-5-6-8-16(13)22(18)2)21-15-10-9-12(25-3)11-14(15)20;1-3-16-12(15)11-10(13)8-6-4-5-7-9(8)14(11)2/h5-11,21H,4H2,1-3H3;4-7H,3,13H2,1-2H3. The van der Waals surface area contributed by atoms with Gasteiger partial charge in [-0.2, -0.15) is 0 Å². The molecule has 10 heteroatoms. The van der Waals surface area contributed by atoms with Crippen LogP contribution in [0.4, 0.5) is 17.1 Å². The van der Waals surface area contributed by atoms with Crippen molar-refractivity contribution in [1.29, 1.82) is 0 Å². The molecule has 41 heavy (non-hydrogen) atoms. The predicted octanol–water partition coefficient (Wildman–Crippen LogP) is 7.41. The number of rotatable bonds is 7. The largest absolute Gasteiger partial charge is 0.461 e. The average Bonchev–Trinajstić information content (AvgIpc) is 3.40. The first-order chi connectivity index (χ1) is 19.7. The van der Waals surface area contributed by atoms with E-state index in [4.69, 9.17) is 26.8 Å². The minimum Gasteiger partial charge on any atom is -0.461 e. The van der Waals surface area contributed by atoms with E-state index >= 15 is 0 Å². The molecule has 0 fully saturated rings. The number of benzene rings is 3. The van der Waals surface area contributed by atoms with Gasteiger partial charge in [0.15, 0.2) is 11.4 Å². The van der Waals surface area contributed by atoms with Crippen LogP contribution in [0, 0.1) is 0 Å². The first-order valence-corrected chi connectivity index (χ1v) is 14.7. The van der Waals surface area contributed by atoms with Crippen LogP contribution in [0.2, 0.25) is 5.02 Å². The molecule has 3 aromatic carbocycles. The van der Waals surface area contributed by atoms with Crippen molar-refractivity contribution in [3.8, 4) is 0 Å². The molecule has 0 atom stereocenters. The molecule has 0 aliphatic heterocycles. The second kappa shape index (κ2) is 13.1. The Morgan fingerprint density at radius 3 is 1.95 bits per heavy atom. The van der Waals surface area contributed by atoms with Crippen LogP contribution in [-0.2, 0) is 23.6 Å². The number of nitrogens with one attached hydrogen (secondary N) is 1. The zero-order valence-corrected chi connectivity index (χ0v) is 25.2. The van der Waals surface area contributed by atoms with Gasteiger partial charge in [0.25, 0.3) is 0 Å². The third kappa shape index (κ3) is 6.01. The van der Waals surface area contributed by atoms with Crippen molar-refractivity contribution in [2.24, 2.45) is 14.1 Å². The maximum Gasteiger partial charge on any atom is 0.357 e. The van der Waals surface area contributed by atoms with E-state index in [1.165, 1.54) is 0 Å². The number of hydrogen-bond donors (Lipinski definition) is 2. The lowest BCUT2D eigenvalue weighted by Gasteiger charge is -2.11. The number of aryl methyl sites for hydroxylation is 2. The Kier molecular flexibility index (Phi) is 9.52. The minimum absolute atomic E-state index is 0.322. The molecule has 0 aliphatic carbocycles. The lowest BCUT2D eigenvalue weighted by Crippen LogP contribution is -2.12. The van der Waals surface area contributed by atoms with E-state index in [2.05, 4.69) is 5.32 Å². The average molecular weight is 593 g/mol. The van der Waals surface area contributed by atoms with Gasteiger partial charge in [0.1, 0.15) is 0 Å². The topological polar surface area (TPSA) is 101 Å². The highest BCUT2D eigenvalue weighted by Gasteiger charge is 2.23. The second-order valence-corrected chi connectivity index (χ2v) is 10.3. The summed E-state index contributed by atoms with van der Waals surface area (Å²) in [6, 6.07) is 21.3. The Hall–Kier alpha value is -4.08. The van der Waals surface area contributed by atoms with Crippen molar-refractivity contribution in [2.75, 3.05) is 30.5 Å². The molecule has 2 heterocycles. The Labute approximate surface area is 248 Å². The van der Waals surface area contributed by atoms with E-state index < -0.39 is 0 Å². The summed E-state index contributed by atoms with van der Waals surface area (Å²) in [5.74, 6) is -0.737. The number of esters is 2. The minimum atomic E-state index is -0.376. The molecule has 0 saturated heterocycles. The van der Waals surface area contributed by atoms with Crippen LogP contribution in [0.1, 0.15) is 34.8 Å². The van der Waals surface area contributed by atoms with E-state index in [1.54, 1.807) is 30.2 Å². The summed E-state index contributed by atoms with van der Waals surface area (Å²) in [5, 5.41) is 5.76. The van der Waals surface area contributed by atoms with Gasteiger partial charge >= 0.3 is 11.9 Å². The molecule has 0 unspecified atom stereocenters. The number of fused-ring (bicyclic) bond motifs is 2. The number of carbonyl (C=O) groups excluding carboxylic acids is 2. The summed E-state index contributed by atoms with van der Waals surface area (Å²) < 4.78 is 13.8. The monoisotopic (exact) mass is 592 g/mol. The van der Waals surface area contributed by atoms with Crippen molar-refractivity contribution in [3.05, 3.63) is 83.1 Å². The fourth-order valence-corrected chi connectivity index (χ4v) is 5.42. The molecule has 5 rings (SSSR count). The van der Waals surface area contributed by atoms with Crippen molar-refractivity contribution >= 4 is 74.2 Å². The van der Waals surface area contributed by atoms with E-state index in [0.29, 0.717) is 41.0 Å². The quantitative estimate of drug-likeness (QED) is 0.150. The predicted molar refractivity (Wildman–Crippen MR) is 169 cm³/mol. The summed E-state index contributed by atoms with van der Waals surface area (Å²) >= 11 is 8.04. The van der Waals surface area contributed by atoms with Crippen LogP contribution < -0.4 is 11.1 Å². The zero-order chi connectivity index (χ0) is 29.7. The van der Waals surface area contributed by atoms with Crippen molar-refractivity contribution in [3.63, 3.8) is 0 Å². The Morgan fingerprint density at radius 2 is 1.39 bits per heavy atom. The number of hydrogen-bond acceptors (Lipinski definition) is 7. The van der Waals surface area contributed by atoms with Crippen LogP contribution in [-0.4, -0.2) is 40.5 Å². The smallest absolute Gasteiger partial charge is 0.357 e. The fourth-order valence-electron chi connectivity index (χ4n) is 4.69. The van der Waals surface area contributed by atoms with Gasteiger partial charge in [-0.3, -0.25) is 0 Å². The van der Waals surface area contributed by atoms with Gasteiger partial charge < -0.3 is 29.7 Å². The third-order valence-corrected chi connectivity index (χ3v) is 7.66. The number of nitrogens with two attached hydrogens (primary N) is 1. The first-order valence-electron chi connectivity index (χ1n) is 13.1. The van der Waals surface area contributed by atoms with E-state index in [1.807, 2.05) is 91.6 Å². The number of anilines is 3. The molecule has 0 bridgehead atoms. The first kappa shape index (κ1) is 29.9. The van der Waals surface area contributed by atoms with Gasteiger partial charge in [0.2, 0.25) is 0 Å². The molecule has 0 spiro atoms. The molecule has 3 N–H and O–H groups in total. The Morgan fingerprint density at radius 1 is 0.854 bits per heavy atom. The molecule has 5 aromatic rings. The number of nitrogens with zero attached hydrogens (tertiary/aromatic N) is 2. The van der Waals surface area contributed by atoms with Gasteiger partial charge in [0, 0.05) is 29.8 Å². The summed E-state index contributed by atoms with van der Waals surface area (Å²) in [4.78, 5) is 25.3. The van der Waals surface area contributed by atoms with Gasteiger partial charge in [-0.25, -0.2) is 9.59 Å². The SMILES string of the molecule is CCOC(=O)c1c(N)c2ccccc2n1C.CCOC(=O)c1c(Nc2ccc(SC)cc2Cl)c2ccccc2n1C. The number of aromatic nitrogens is 2. The maximum atomic E-state index is 12.5. The number of thioether (sulfide) groups is 1. The Bertz CT molecular complexity index is 1690. The normalized spacial score (nSPS) is 10.8. The molecular formula is C31H33ClN4O4S. The molecule has 0 aliphatic rings. The van der Waals surface area contributed by atoms with Crippen LogP contribution in [0.3, 0.4) is 0 Å². The molecule has 0 amide bonds. The van der Waals surface area contributed by atoms with Gasteiger partial charge in [-0.15, -0.1) is 11.8 Å². The molecule has 0 radical (unpaired) electrons. The Balaban J connectivity index is 0.000000208. The van der Waals surface area contributed by atoms with Gasteiger partial charge in [-0.1, -0.05) is 48.0 Å². The van der Waals surface area contributed by atoms with E-state index in [-0.39, 0.29) is 11.9 Å². The van der Waals surface area contributed by atoms with Gasteiger partial charge in [-0.05, 0) is 50.4 Å². The lowest BCUT2D eigenvalue weighted by molar-refractivity contribution is 0.0507. The van der Waals surface area contributed by atoms with E-state index in [0.717, 1.165) is 32.4 Å². The molecule has 2 aromatic heterocycles. The zero-order valence-electron chi connectivity index (χ0n) is 23.7. The summed E-state index contributed by atoms with van der Waals surface area (Å²) in [6.45, 7) is 4.24. The molecule has 8 nitrogen and oxygen atoms in total. The van der Waals surface area contributed by atoms with Crippen LogP contribution in [0.25, 0.3) is 21.8 Å². The highest BCUT2D eigenvalue weighted by atomic mass is 35.5. The number of halogens is 1. The van der Waals surface area contributed by atoms with Crippen molar-refractivity contribution in [1.82, 2.24) is 9.13 Å². The molecule has 214 valence electrons. The van der Waals surface area contributed by atoms with Crippen LogP contribution >= 0.6 is 23.4 Å². The van der Waals surface area contributed by atoms with E-state index in [9.17, 15) is 9.59 Å². The molecular weight excluding hydrogens is 560 g/mol. The van der Waals surface area contributed by atoms with Crippen molar-refractivity contribution < 1.29 is 19.1 Å². The second-order valence-electron chi connectivity index (χ2n) is 9.05. The van der Waals surface area contributed by atoms with Crippen molar-refractivity contribution in [2.45, 2.75) is 18.7 Å². The fraction of sp³-hybridized carbons (Fsp3) is 0.226. The van der Waals surface area contributed by atoms with Crippen LogP contribution in [0.5, 0.6) is 0 Å². The number of carbonyl (C=O) groups is 2. The maximum absolute atomic E-state index is 12.5. The summed E-state index contributed by atoms with van der Waals surface area (Å²) in [5.41, 5.74) is 10.7. The summed E-state index contributed by atoms with van der Waals surface area (Å²) in [6.07, 6.45) is 2.00. The highest BCUT2D eigenvalue weighted by molar-refractivity contribution is 7.98.